The summed E-state index contributed by atoms with van der Waals surface area (Å²) in [5.41, 5.74) is 1.45. The molecule has 0 spiro atoms. The van der Waals surface area contributed by atoms with Gasteiger partial charge in [-0.25, -0.2) is 8.42 Å². The Kier molecular flexibility index (Phi) is 7.43. The SMILES string of the molecule is COc1cc(CCC(=O)Nc2ccc(S(=O)(=O)C3CCCC3)cc2)cc(OC)c1OC. The molecule has 8 heteroatoms. The number of benzene rings is 2. The van der Waals surface area contributed by atoms with Crippen LogP contribution in [0.5, 0.6) is 17.2 Å². The zero-order valence-electron chi connectivity index (χ0n) is 18.1. The average Bonchev–Trinajstić information content (AvgIpc) is 3.33. The Bertz CT molecular complexity index is 986. The highest BCUT2D eigenvalue weighted by Crippen LogP contribution is 2.38. The van der Waals surface area contributed by atoms with Crippen molar-refractivity contribution in [1.82, 2.24) is 0 Å². The fraction of sp³-hybridized carbons (Fsp3) is 0.435. The van der Waals surface area contributed by atoms with E-state index in [2.05, 4.69) is 5.32 Å². The minimum Gasteiger partial charge on any atom is -0.493 e. The van der Waals surface area contributed by atoms with Crippen LogP contribution in [-0.4, -0.2) is 40.9 Å². The van der Waals surface area contributed by atoms with E-state index in [0.29, 0.717) is 34.3 Å². The number of carbonyl (C=O) groups excluding carboxylic acids is 1. The number of carbonyl (C=O) groups is 1. The van der Waals surface area contributed by atoms with Crippen LogP contribution in [0.2, 0.25) is 0 Å². The van der Waals surface area contributed by atoms with Crippen molar-refractivity contribution in [2.24, 2.45) is 0 Å². The summed E-state index contributed by atoms with van der Waals surface area (Å²) >= 11 is 0. The first kappa shape index (κ1) is 22.9. The third kappa shape index (κ3) is 5.31. The van der Waals surface area contributed by atoms with Gasteiger partial charge in [0.1, 0.15) is 0 Å². The molecule has 31 heavy (non-hydrogen) atoms. The number of anilines is 1. The van der Waals surface area contributed by atoms with Crippen LogP contribution in [0.25, 0.3) is 0 Å². The first-order valence-corrected chi connectivity index (χ1v) is 11.9. The lowest BCUT2D eigenvalue weighted by Crippen LogP contribution is -2.18. The monoisotopic (exact) mass is 447 g/mol. The first-order valence-electron chi connectivity index (χ1n) is 10.3. The normalized spacial score (nSPS) is 14.3. The van der Waals surface area contributed by atoms with Crippen LogP contribution in [0.4, 0.5) is 5.69 Å². The van der Waals surface area contributed by atoms with Gasteiger partial charge in [0.15, 0.2) is 21.3 Å². The van der Waals surface area contributed by atoms with Crippen molar-refractivity contribution in [1.29, 1.82) is 0 Å². The van der Waals surface area contributed by atoms with Crippen molar-refractivity contribution >= 4 is 21.4 Å². The molecule has 1 fully saturated rings. The van der Waals surface area contributed by atoms with Gasteiger partial charge in [-0.1, -0.05) is 12.8 Å². The summed E-state index contributed by atoms with van der Waals surface area (Å²) in [6, 6.07) is 10.1. The van der Waals surface area contributed by atoms with Crippen LogP contribution in [-0.2, 0) is 21.1 Å². The Balaban J connectivity index is 1.61. The number of ether oxygens (including phenoxy) is 3. The van der Waals surface area contributed by atoms with Gasteiger partial charge in [-0.05, 0) is 61.2 Å². The molecule has 0 aliphatic heterocycles. The smallest absolute Gasteiger partial charge is 0.224 e. The molecule has 2 aromatic carbocycles. The predicted octanol–water partition coefficient (Wildman–Crippen LogP) is 4.00. The Morgan fingerprint density at radius 1 is 0.968 bits per heavy atom. The van der Waals surface area contributed by atoms with Crippen molar-refractivity contribution in [2.45, 2.75) is 48.7 Å². The molecule has 0 atom stereocenters. The van der Waals surface area contributed by atoms with Crippen molar-refractivity contribution < 1.29 is 27.4 Å². The molecule has 0 aromatic heterocycles. The molecule has 0 saturated heterocycles. The van der Waals surface area contributed by atoms with Crippen molar-refractivity contribution in [2.75, 3.05) is 26.6 Å². The number of methoxy groups -OCH3 is 3. The molecular weight excluding hydrogens is 418 g/mol. The first-order chi connectivity index (χ1) is 14.9. The standard InChI is InChI=1S/C23H29NO6S/c1-28-20-14-16(15-21(29-2)23(20)30-3)8-13-22(25)24-17-9-11-19(12-10-17)31(26,27)18-6-4-5-7-18/h9-12,14-15,18H,4-8,13H2,1-3H3,(H,24,25). The van der Waals surface area contributed by atoms with Gasteiger partial charge in [0.25, 0.3) is 0 Å². The second kappa shape index (κ2) is 10.0. The Labute approximate surface area is 183 Å². The van der Waals surface area contributed by atoms with E-state index in [4.69, 9.17) is 14.2 Å². The maximum atomic E-state index is 12.7. The summed E-state index contributed by atoms with van der Waals surface area (Å²) in [6.45, 7) is 0. The second-order valence-corrected chi connectivity index (χ2v) is 9.79. The lowest BCUT2D eigenvalue weighted by atomic mass is 10.1. The van der Waals surface area contributed by atoms with Gasteiger partial charge in [-0.3, -0.25) is 4.79 Å². The molecule has 0 unspecified atom stereocenters. The fourth-order valence-electron chi connectivity index (χ4n) is 3.88. The number of rotatable bonds is 9. The maximum Gasteiger partial charge on any atom is 0.224 e. The minimum absolute atomic E-state index is 0.167. The molecule has 1 aliphatic carbocycles. The van der Waals surface area contributed by atoms with E-state index in [1.165, 1.54) is 7.11 Å². The highest BCUT2D eigenvalue weighted by atomic mass is 32.2. The van der Waals surface area contributed by atoms with Crippen LogP contribution in [0.1, 0.15) is 37.7 Å². The summed E-state index contributed by atoms with van der Waals surface area (Å²) in [5.74, 6) is 1.42. The van der Waals surface area contributed by atoms with Crippen molar-refractivity contribution in [3.63, 3.8) is 0 Å². The van der Waals surface area contributed by atoms with Gasteiger partial charge in [-0.2, -0.15) is 0 Å². The Morgan fingerprint density at radius 3 is 2.06 bits per heavy atom. The molecule has 168 valence electrons. The molecule has 1 N–H and O–H groups in total. The molecule has 2 aromatic rings. The number of sulfone groups is 1. The number of aryl methyl sites for hydroxylation is 1. The molecule has 3 rings (SSSR count). The number of hydrogen-bond acceptors (Lipinski definition) is 6. The van der Waals surface area contributed by atoms with Crippen LogP contribution >= 0.6 is 0 Å². The number of amides is 1. The van der Waals surface area contributed by atoms with Gasteiger partial charge >= 0.3 is 0 Å². The average molecular weight is 448 g/mol. The van der Waals surface area contributed by atoms with Gasteiger partial charge in [0, 0.05) is 12.1 Å². The third-order valence-corrected chi connectivity index (χ3v) is 7.85. The van der Waals surface area contributed by atoms with Gasteiger partial charge in [-0.15, -0.1) is 0 Å². The van der Waals surface area contributed by atoms with Crippen LogP contribution in [0, 0.1) is 0 Å². The van der Waals surface area contributed by atoms with E-state index in [1.807, 2.05) is 12.1 Å². The third-order valence-electron chi connectivity index (χ3n) is 5.57. The number of nitrogens with one attached hydrogen (secondary N) is 1. The van der Waals surface area contributed by atoms with Crippen molar-refractivity contribution in [3.8, 4) is 17.2 Å². The fourth-order valence-corrected chi connectivity index (χ4v) is 5.73. The van der Waals surface area contributed by atoms with E-state index in [0.717, 1.165) is 31.2 Å². The number of hydrogen-bond donors (Lipinski definition) is 1. The minimum atomic E-state index is -3.30. The lowest BCUT2D eigenvalue weighted by Gasteiger charge is -2.14. The van der Waals surface area contributed by atoms with Gasteiger partial charge in [0.2, 0.25) is 11.7 Å². The topological polar surface area (TPSA) is 90.9 Å². The quantitative estimate of drug-likeness (QED) is 0.625. The highest BCUT2D eigenvalue weighted by molar-refractivity contribution is 7.92. The molecule has 7 nitrogen and oxygen atoms in total. The van der Waals surface area contributed by atoms with Crippen LogP contribution < -0.4 is 19.5 Å². The van der Waals surface area contributed by atoms with E-state index in [1.54, 1.807) is 38.5 Å². The molecule has 1 amide bonds. The Morgan fingerprint density at radius 2 is 1.55 bits per heavy atom. The van der Waals surface area contributed by atoms with Gasteiger partial charge in [0.05, 0.1) is 31.5 Å². The van der Waals surface area contributed by atoms with E-state index in [-0.39, 0.29) is 17.6 Å². The van der Waals surface area contributed by atoms with Crippen molar-refractivity contribution in [3.05, 3.63) is 42.0 Å². The lowest BCUT2D eigenvalue weighted by molar-refractivity contribution is -0.116. The summed E-state index contributed by atoms with van der Waals surface area (Å²) in [4.78, 5) is 12.7. The molecule has 1 saturated carbocycles. The molecule has 1 aliphatic rings. The highest BCUT2D eigenvalue weighted by Gasteiger charge is 2.30. The summed E-state index contributed by atoms with van der Waals surface area (Å²) < 4.78 is 41.3. The van der Waals surface area contributed by atoms with E-state index in [9.17, 15) is 13.2 Å². The van der Waals surface area contributed by atoms with Crippen LogP contribution in [0.15, 0.2) is 41.3 Å². The zero-order valence-corrected chi connectivity index (χ0v) is 19.0. The van der Waals surface area contributed by atoms with Crippen LogP contribution in [0.3, 0.4) is 0 Å². The van der Waals surface area contributed by atoms with E-state index >= 15 is 0 Å². The maximum absolute atomic E-state index is 12.7. The Hall–Kier alpha value is -2.74. The summed E-state index contributed by atoms with van der Waals surface area (Å²) in [7, 11) is 1.34. The van der Waals surface area contributed by atoms with Gasteiger partial charge < -0.3 is 19.5 Å². The zero-order chi connectivity index (χ0) is 22.4. The molecular formula is C23H29NO6S. The molecule has 0 bridgehead atoms. The summed E-state index contributed by atoms with van der Waals surface area (Å²) in [5, 5.41) is 2.53. The summed E-state index contributed by atoms with van der Waals surface area (Å²) in [6.07, 6.45) is 4.11. The predicted molar refractivity (Wildman–Crippen MR) is 119 cm³/mol. The second-order valence-electron chi connectivity index (χ2n) is 7.56. The largest absolute Gasteiger partial charge is 0.493 e. The molecule has 0 heterocycles. The molecule has 0 radical (unpaired) electrons. The van der Waals surface area contributed by atoms with E-state index < -0.39 is 9.84 Å².